The molecule has 16 heavy (non-hydrogen) atoms. The van der Waals surface area contributed by atoms with Gasteiger partial charge in [-0.1, -0.05) is 29.3 Å². The van der Waals surface area contributed by atoms with Crippen molar-refractivity contribution in [2.75, 3.05) is 7.05 Å². The third kappa shape index (κ3) is 2.42. The number of aliphatic imine (C=N–C) groups is 1. The number of halogens is 2. The highest BCUT2D eigenvalue weighted by Gasteiger charge is 2.38. The number of nitrogens with two attached hydrogens (primary N) is 1. The summed E-state index contributed by atoms with van der Waals surface area (Å²) in [6.07, 6.45) is 1.05. The maximum atomic E-state index is 5.97. The van der Waals surface area contributed by atoms with Gasteiger partial charge in [-0.3, -0.25) is 4.99 Å². The summed E-state index contributed by atoms with van der Waals surface area (Å²) in [5, 5.41) is 4.33. The monoisotopic (exact) mass is 257 g/mol. The predicted octanol–water partition coefficient (Wildman–Crippen LogP) is 2.38. The SMILES string of the molecule is CN=C(N)N[C@@H]1C[C@H]1c1ccc(Cl)c(Cl)c1. The van der Waals surface area contributed by atoms with Crippen molar-refractivity contribution < 1.29 is 0 Å². The van der Waals surface area contributed by atoms with E-state index >= 15 is 0 Å². The molecule has 1 aromatic carbocycles. The average molecular weight is 258 g/mol. The van der Waals surface area contributed by atoms with Crippen LogP contribution in [-0.2, 0) is 0 Å². The Labute approximate surface area is 105 Å². The molecule has 0 saturated heterocycles. The number of guanidine groups is 1. The highest BCUT2D eigenvalue weighted by atomic mass is 35.5. The molecular formula is C11H13Cl2N3. The van der Waals surface area contributed by atoms with Crippen molar-refractivity contribution in [1.29, 1.82) is 0 Å². The topological polar surface area (TPSA) is 50.4 Å². The fraction of sp³-hybridized carbons (Fsp3) is 0.364. The van der Waals surface area contributed by atoms with Gasteiger partial charge < -0.3 is 11.1 Å². The fourth-order valence-electron chi connectivity index (χ4n) is 1.72. The second-order valence-corrected chi connectivity index (χ2v) is 4.69. The van der Waals surface area contributed by atoms with E-state index in [0.29, 0.717) is 28.0 Å². The molecule has 0 unspecified atom stereocenters. The largest absolute Gasteiger partial charge is 0.370 e. The van der Waals surface area contributed by atoms with Crippen molar-refractivity contribution in [1.82, 2.24) is 5.32 Å². The Morgan fingerprint density at radius 3 is 2.81 bits per heavy atom. The van der Waals surface area contributed by atoms with E-state index in [2.05, 4.69) is 10.3 Å². The van der Waals surface area contributed by atoms with Crippen LogP contribution in [0.1, 0.15) is 17.9 Å². The molecule has 3 N–H and O–H groups in total. The smallest absolute Gasteiger partial charge is 0.188 e. The van der Waals surface area contributed by atoms with E-state index in [-0.39, 0.29) is 0 Å². The summed E-state index contributed by atoms with van der Waals surface area (Å²) in [6.45, 7) is 0. The molecule has 1 fully saturated rings. The molecular weight excluding hydrogens is 245 g/mol. The molecule has 0 amide bonds. The highest BCUT2D eigenvalue weighted by molar-refractivity contribution is 6.42. The summed E-state index contributed by atoms with van der Waals surface area (Å²) >= 11 is 11.8. The summed E-state index contributed by atoms with van der Waals surface area (Å²) in [4.78, 5) is 3.86. The number of nitrogens with one attached hydrogen (secondary N) is 1. The first-order valence-electron chi connectivity index (χ1n) is 5.05. The van der Waals surface area contributed by atoms with Crippen LogP contribution in [0.15, 0.2) is 23.2 Å². The minimum atomic E-state index is 0.362. The van der Waals surface area contributed by atoms with Crippen molar-refractivity contribution >= 4 is 29.2 Å². The van der Waals surface area contributed by atoms with Gasteiger partial charge in [0.05, 0.1) is 10.0 Å². The fourth-order valence-corrected chi connectivity index (χ4v) is 2.03. The minimum Gasteiger partial charge on any atom is -0.370 e. The molecule has 1 saturated carbocycles. The first-order chi connectivity index (χ1) is 7.61. The van der Waals surface area contributed by atoms with Gasteiger partial charge in [0.25, 0.3) is 0 Å². The first-order valence-corrected chi connectivity index (χ1v) is 5.81. The van der Waals surface area contributed by atoms with Gasteiger partial charge in [-0.05, 0) is 24.1 Å². The van der Waals surface area contributed by atoms with Crippen LogP contribution in [-0.4, -0.2) is 19.0 Å². The Bertz CT molecular complexity index is 431. The zero-order valence-electron chi connectivity index (χ0n) is 8.87. The van der Waals surface area contributed by atoms with E-state index in [4.69, 9.17) is 28.9 Å². The second kappa shape index (κ2) is 4.52. The van der Waals surface area contributed by atoms with Crippen molar-refractivity contribution in [2.24, 2.45) is 10.7 Å². The van der Waals surface area contributed by atoms with Crippen molar-refractivity contribution in [2.45, 2.75) is 18.4 Å². The summed E-state index contributed by atoms with van der Waals surface area (Å²) < 4.78 is 0. The molecule has 0 bridgehead atoms. The quantitative estimate of drug-likeness (QED) is 0.632. The Morgan fingerprint density at radius 2 is 2.19 bits per heavy atom. The third-order valence-electron chi connectivity index (χ3n) is 2.74. The van der Waals surface area contributed by atoms with Gasteiger partial charge in [-0.25, -0.2) is 0 Å². The third-order valence-corrected chi connectivity index (χ3v) is 3.48. The Hall–Kier alpha value is -0.930. The number of benzene rings is 1. The lowest BCUT2D eigenvalue weighted by molar-refractivity contribution is 0.857. The summed E-state index contributed by atoms with van der Waals surface area (Å²) in [5.74, 6) is 0.933. The molecule has 1 aliphatic rings. The summed E-state index contributed by atoms with van der Waals surface area (Å²) in [6, 6.07) is 6.10. The van der Waals surface area contributed by atoms with E-state index in [1.807, 2.05) is 18.2 Å². The normalized spacial score (nSPS) is 24.3. The van der Waals surface area contributed by atoms with Gasteiger partial charge >= 0.3 is 0 Å². The van der Waals surface area contributed by atoms with E-state index in [9.17, 15) is 0 Å². The van der Waals surface area contributed by atoms with E-state index in [1.165, 1.54) is 5.56 Å². The Balaban J connectivity index is 2.03. The standard InChI is InChI=1S/C11H13Cl2N3/c1-15-11(14)16-10-5-7(10)6-2-3-8(12)9(13)4-6/h2-4,7,10H,5H2,1H3,(H3,14,15,16)/t7-,10+/m0/s1. The molecule has 2 rings (SSSR count). The molecule has 0 radical (unpaired) electrons. The zero-order chi connectivity index (χ0) is 11.7. The molecule has 0 aliphatic heterocycles. The van der Waals surface area contributed by atoms with Gasteiger partial charge in [0.1, 0.15) is 0 Å². The second-order valence-electron chi connectivity index (χ2n) is 3.88. The molecule has 2 atom stereocenters. The summed E-state index contributed by atoms with van der Waals surface area (Å²) in [7, 11) is 1.67. The average Bonchev–Trinajstić information content (AvgIpc) is 3.01. The molecule has 1 aliphatic carbocycles. The van der Waals surface area contributed by atoms with Gasteiger partial charge in [-0.15, -0.1) is 0 Å². The summed E-state index contributed by atoms with van der Waals surface area (Å²) in [5.41, 5.74) is 6.79. The molecule has 0 aromatic heterocycles. The number of hydrogen-bond acceptors (Lipinski definition) is 1. The molecule has 3 nitrogen and oxygen atoms in total. The minimum absolute atomic E-state index is 0.362. The Kier molecular flexibility index (Phi) is 3.26. The zero-order valence-corrected chi connectivity index (χ0v) is 10.4. The molecule has 86 valence electrons. The van der Waals surface area contributed by atoms with Gasteiger partial charge in [-0.2, -0.15) is 0 Å². The van der Waals surface area contributed by atoms with E-state index < -0.39 is 0 Å². The van der Waals surface area contributed by atoms with E-state index in [0.717, 1.165) is 6.42 Å². The molecule has 0 spiro atoms. The van der Waals surface area contributed by atoms with Crippen LogP contribution < -0.4 is 11.1 Å². The van der Waals surface area contributed by atoms with Gasteiger partial charge in [0.2, 0.25) is 0 Å². The van der Waals surface area contributed by atoms with Crippen molar-refractivity contribution in [3.05, 3.63) is 33.8 Å². The molecule has 1 aromatic rings. The van der Waals surface area contributed by atoms with Crippen LogP contribution >= 0.6 is 23.2 Å². The first kappa shape index (κ1) is 11.6. The Morgan fingerprint density at radius 1 is 1.44 bits per heavy atom. The lowest BCUT2D eigenvalue weighted by atomic mass is 10.1. The number of rotatable bonds is 2. The van der Waals surface area contributed by atoms with Crippen LogP contribution in [0.2, 0.25) is 10.0 Å². The number of nitrogens with zero attached hydrogens (tertiary/aromatic N) is 1. The van der Waals surface area contributed by atoms with Crippen LogP contribution in [0.3, 0.4) is 0 Å². The molecule has 0 heterocycles. The van der Waals surface area contributed by atoms with Crippen LogP contribution in [0.4, 0.5) is 0 Å². The van der Waals surface area contributed by atoms with Gasteiger partial charge in [0, 0.05) is 19.0 Å². The van der Waals surface area contributed by atoms with Crippen molar-refractivity contribution in [3.8, 4) is 0 Å². The maximum Gasteiger partial charge on any atom is 0.188 e. The lowest BCUT2D eigenvalue weighted by Crippen LogP contribution is -2.33. The van der Waals surface area contributed by atoms with Crippen LogP contribution in [0.5, 0.6) is 0 Å². The molecule has 5 heteroatoms. The maximum absolute atomic E-state index is 5.97. The van der Waals surface area contributed by atoms with Crippen molar-refractivity contribution in [3.63, 3.8) is 0 Å². The van der Waals surface area contributed by atoms with E-state index in [1.54, 1.807) is 7.05 Å². The van der Waals surface area contributed by atoms with Gasteiger partial charge in [0.15, 0.2) is 5.96 Å². The van der Waals surface area contributed by atoms with Crippen LogP contribution in [0, 0.1) is 0 Å². The number of hydrogen-bond donors (Lipinski definition) is 2. The van der Waals surface area contributed by atoms with Crippen LogP contribution in [0.25, 0.3) is 0 Å². The lowest BCUT2D eigenvalue weighted by Gasteiger charge is -2.05. The highest BCUT2D eigenvalue weighted by Crippen LogP contribution is 2.42. The predicted molar refractivity (Wildman–Crippen MR) is 68.3 cm³/mol.